The highest BCUT2D eigenvalue weighted by Crippen LogP contribution is 2.27. The van der Waals surface area contributed by atoms with E-state index in [1.807, 2.05) is 23.1 Å². The van der Waals surface area contributed by atoms with Crippen LogP contribution >= 0.6 is 0 Å². The third-order valence-electron chi connectivity index (χ3n) is 4.06. The molecule has 122 valence electrons. The van der Waals surface area contributed by atoms with Gasteiger partial charge in [-0.3, -0.25) is 9.69 Å². The lowest BCUT2D eigenvalue weighted by atomic mass is 9.89. The van der Waals surface area contributed by atoms with Crippen LogP contribution in [0.25, 0.3) is 0 Å². The summed E-state index contributed by atoms with van der Waals surface area (Å²) in [6, 6.07) is 10.2. The van der Waals surface area contributed by atoms with E-state index in [1.54, 1.807) is 0 Å². The van der Waals surface area contributed by atoms with Crippen LogP contribution in [0.15, 0.2) is 30.3 Å². The Bertz CT molecular complexity index is 482. The van der Waals surface area contributed by atoms with Crippen molar-refractivity contribution in [3.05, 3.63) is 35.9 Å². The maximum absolute atomic E-state index is 12.3. The average Bonchev–Trinajstić information content (AvgIpc) is 2.47. The lowest BCUT2D eigenvalue weighted by molar-refractivity contribution is -0.159. The van der Waals surface area contributed by atoms with Crippen LogP contribution in [0.1, 0.15) is 24.3 Å². The van der Waals surface area contributed by atoms with E-state index in [0.717, 1.165) is 30.8 Å². The quantitative estimate of drug-likeness (QED) is 0.853. The molecule has 1 aromatic carbocycles. The second-order valence-corrected chi connectivity index (χ2v) is 5.83. The van der Waals surface area contributed by atoms with Gasteiger partial charge < -0.3 is 4.90 Å². The lowest BCUT2D eigenvalue weighted by Gasteiger charge is -2.32. The number of amides is 1. The van der Waals surface area contributed by atoms with Gasteiger partial charge in [0.05, 0.1) is 6.54 Å². The fourth-order valence-corrected chi connectivity index (χ4v) is 2.82. The Balaban J connectivity index is 1.79. The Morgan fingerprint density at radius 2 is 1.82 bits per heavy atom. The molecule has 0 aromatic heterocycles. The van der Waals surface area contributed by atoms with Crippen LogP contribution in [0.5, 0.6) is 0 Å². The molecule has 0 bridgehead atoms. The summed E-state index contributed by atoms with van der Waals surface area (Å²) in [6.07, 6.45) is -2.48. The number of halogens is 3. The van der Waals surface area contributed by atoms with E-state index < -0.39 is 18.6 Å². The first kappa shape index (κ1) is 16.8. The predicted octanol–water partition coefficient (Wildman–Crippen LogP) is 2.89. The van der Waals surface area contributed by atoms with Gasteiger partial charge in [0.1, 0.15) is 6.54 Å². The van der Waals surface area contributed by atoms with Crippen molar-refractivity contribution >= 4 is 5.91 Å². The molecule has 1 fully saturated rings. The molecule has 0 aliphatic carbocycles. The van der Waals surface area contributed by atoms with Crippen LogP contribution in [-0.4, -0.2) is 55.1 Å². The van der Waals surface area contributed by atoms with Gasteiger partial charge in [-0.05, 0) is 37.4 Å². The topological polar surface area (TPSA) is 23.6 Å². The maximum atomic E-state index is 12.3. The number of rotatable bonds is 4. The summed E-state index contributed by atoms with van der Waals surface area (Å²) in [5, 5.41) is 0. The van der Waals surface area contributed by atoms with E-state index in [9.17, 15) is 18.0 Å². The Morgan fingerprint density at radius 1 is 1.23 bits per heavy atom. The number of benzene rings is 1. The summed E-state index contributed by atoms with van der Waals surface area (Å²) in [4.78, 5) is 14.5. The van der Waals surface area contributed by atoms with Gasteiger partial charge in [0.25, 0.3) is 0 Å². The van der Waals surface area contributed by atoms with Gasteiger partial charge in [-0.2, -0.15) is 13.2 Å². The fraction of sp³-hybridized carbons (Fsp3) is 0.562. The van der Waals surface area contributed by atoms with Gasteiger partial charge >= 0.3 is 6.18 Å². The molecule has 3 nitrogen and oxygen atoms in total. The van der Waals surface area contributed by atoms with Crippen molar-refractivity contribution < 1.29 is 18.0 Å². The van der Waals surface area contributed by atoms with Crippen LogP contribution in [0, 0.1) is 0 Å². The number of carbonyl (C=O) groups is 1. The molecule has 2 rings (SSSR count). The Labute approximate surface area is 128 Å². The molecule has 1 amide bonds. The van der Waals surface area contributed by atoms with E-state index in [2.05, 4.69) is 12.1 Å². The molecule has 22 heavy (non-hydrogen) atoms. The second-order valence-electron chi connectivity index (χ2n) is 5.83. The van der Waals surface area contributed by atoms with Gasteiger partial charge in [0.2, 0.25) is 5.91 Å². The van der Waals surface area contributed by atoms with Gasteiger partial charge in [0, 0.05) is 7.05 Å². The number of carbonyl (C=O) groups excluding carboxylic acids is 1. The van der Waals surface area contributed by atoms with Crippen LogP contribution in [0.4, 0.5) is 13.2 Å². The maximum Gasteiger partial charge on any atom is 0.406 e. The summed E-state index contributed by atoms with van der Waals surface area (Å²) in [7, 11) is 1.20. The van der Waals surface area contributed by atoms with Crippen molar-refractivity contribution in [3.63, 3.8) is 0 Å². The number of hydrogen-bond donors (Lipinski definition) is 0. The Morgan fingerprint density at radius 3 is 2.36 bits per heavy atom. The molecule has 0 atom stereocenters. The number of likely N-dealkylation sites (tertiary alicyclic amines) is 1. The smallest absolute Gasteiger partial charge is 0.336 e. The van der Waals surface area contributed by atoms with E-state index in [-0.39, 0.29) is 6.54 Å². The number of nitrogens with zero attached hydrogens (tertiary/aromatic N) is 2. The predicted molar refractivity (Wildman–Crippen MR) is 78.5 cm³/mol. The third kappa shape index (κ3) is 5.02. The fourth-order valence-electron chi connectivity index (χ4n) is 2.82. The molecule has 0 saturated carbocycles. The zero-order chi connectivity index (χ0) is 16.2. The first-order valence-electron chi connectivity index (χ1n) is 7.43. The molecule has 0 N–H and O–H groups in total. The highest BCUT2D eigenvalue weighted by atomic mass is 19.4. The number of piperidine rings is 1. The number of alkyl halides is 3. The van der Waals surface area contributed by atoms with Crippen LogP contribution < -0.4 is 0 Å². The van der Waals surface area contributed by atoms with Crippen LogP contribution in [0.2, 0.25) is 0 Å². The average molecular weight is 314 g/mol. The molecule has 1 aliphatic rings. The van der Waals surface area contributed by atoms with E-state index in [1.165, 1.54) is 12.6 Å². The summed E-state index contributed by atoms with van der Waals surface area (Å²) >= 11 is 0. The van der Waals surface area contributed by atoms with Crippen molar-refractivity contribution in [1.29, 1.82) is 0 Å². The molecule has 1 aromatic rings. The van der Waals surface area contributed by atoms with E-state index >= 15 is 0 Å². The summed E-state index contributed by atoms with van der Waals surface area (Å²) in [6.45, 7) is 0.358. The summed E-state index contributed by atoms with van der Waals surface area (Å²) in [5.41, 5.74) is 1.29. The summed E-state index contributed by atoms with van der Waals surface area (Å²) in [5.74, 6) is -0.00376. The number of likely N-dealkylation sites (N-methyl/N-ethyl adjacent to an activating group) is 1. The normalized spacial score (nSPS) is 17.5. The SMILES string of the molecule is CN(CC(F)(F)F)C(=O)CN1CCC(c2ccccc2)CC1. The van der Waals surface area contributed by atoms with Gasteiger partial charge in [-0.1, -0.05) is 30.3 Å². The number of hydrogen-bond acceptors (Lipinski definition) is 2. The highest BCUT2D eigenvalue weighted by molar-refractivity contribution is 5.78. The van der Waals surface area contributed by atoms with E-state index in [4.69, 9.17) is 0 Å². The molecule has 1 saturated heterocycles. The van der Waals surface area contributed by atoms with Crippen LogP contribution in [0.3, 0.4) is 0 Å². The molecule has 6 heteroatoms. The van der Waals surface area contributed by atoms with Crippen molar-refractivity contribution in [1.82, 2.24) is 9.80 Å². The van der Waals surface area contributed by atoms with Crippen molar-refractivity contribution in [2.45, 2.75) is 24.9 Å². The molecular formula is C16H21F3N2O. The van der Waals surface area contributed by atoms with Crippen LogP contribution in [-0.2, 0) is 4.79 Å². The summed E-state index contributed by atoms with van der Waals surface area (Å²) < 4.78 is 36.8. The van der Waals surface area contributed by atoms with Crippen molar-refractivity contribution in [3.8, 4) is 0 Å². The van der Waals surface area contributed by atoms with Gasteiger partial charge in [0.15, 0.2) is 0 Å². The van der Waals surface area contributed by atoms with Crippen molar-refractivity contribution in [2.75, 3.05) is 33.2 Å². The minimum atomic E-state index is -4.34. The third-order valence-corrected chi connectivity index (χ3v) is 4.06. The Hall–Kier alpha value is -1.56. The first-order valence-corrected chi connectivity index (χ1v) is 7.43. The largest absolute Gasteiger partial charge is 0.406 e. The minimum absolute atomic E-state index is 0.0636. The Kier molecular flexibility index (Phi) is 5.45. The second kappa shape index (κ2) is 7.13. The molecule has 1 aliphatic heterocycles. The van der Waals surface area contributed by atoms with E-state index in [0.29, 0.717) is 5.92 Å². The minimum Gasteiger partial charge on any atom is -0.336 e. The lowest BCUT2D eigenvalue weighted by Crippen LogP contribution is -2.44. The standard InChI is InChI=1S/C16H21F3N2O/c1-20(12-16(17,18)19)15(22)11-21-9-7-14(8-10-21)13-5-3-2-4-6-13/h2-6,14H,7-12H2,1H3. The molecule has 1 heterocycles. The molecular weight excluding hydrogens is 293 g/mol. The zero-order valence-electron chi connectivity index (χ0n) is 12.6. The first-order chi connectivity index (χ1) is 10.3. The van der Waals surface area contributed by atoms with Gasteiger partial charge in [-0.15, -0.1) is 0 Å². The molecule has 0 radical (unpaired) electrons. The molecule has 0 spiro atoms. The highest BCUT2D eigenvalue weighted by Gasteiger charge is 2.32. The molecule has 0 unspecified atom stereocenters. The zero-order valence-corrected chi connectivity index (χ0v) is 12.6. The van der Waals surface area contributed by atoms with Crippen molar-refractivity contribution in [2.24, 2.45) is 0 Å². The monoisotopic (exact) mass is 314 g/mol. The van der Waals surface area contributed by atoms with Gasteiger partial charge in [-0.25, -0.2) is 0 Å².